The molecule has 3 heterocycles. The number of rotatable bonds is 3. The minimum Gasteiger partial charge on any atom is -0.353 e. The van der Waals surface area contributed by atoms with Gasteiger partial charge in [0, 0.05) is 50.4 Å². The summed E-state index contributed by atoms with van der Waals surface area (Å²) in [5.41, 5.74) is 0.889. The Morgan fingerprint density at radius 1 is 1.17 bits per heavy atom. The molecule has 8 heteroatoms. The lowest BCUT2D eigenvalue weighted by Gasteiger charge is -2.43. The van der Waals surface area contributed by atoms with E-state index in [1.165, 1.54) is 19.3 Å². The number of carbonyl (C=O) groups excluding carboxylic acids is 1. The molecule has 0 aromatic carbocycles. The van der Waals surface area contributed by atoms with Crippen molar-refractivity contribution < 1.29 is 4.79 Å². The zero-order chi connectivity index (χ0) is 19.0. The molecule has 1 aromatic heterocycles. The SMILES string of the molecule is Cc1cc(N2CCN(C(=O)[C@@]34CCCC[C@H]3CNC4)CC2)nc(C(C)C)n1.Cl.Cl. The number of amides is 1. The van der Waals surface area contributed by atoms with Gasteiger partial charge in [0.2, 0.25) is 5.91 Å². The highest BCUT2D eigenvalue weighted by Gasteiger charge is 2.51. The Bertz CT molecular complexity index is 708. The number of carbonyl (C=O) groups is 1. The van der Waals surface area contributed by atoms with Gasteiger partial charge in [-0.15, -0.1) is 24.8 Å². The van der Waals surface area contributed by atoms with Crippen LogP contribution in [0.2, 0.25) is 0 Å². The first-order valence-corrected chi connectivity index (χ1v) is 10.6. The van der Waals surface area contributed by atoms with Gasteiger partial charge in [0.05, 0.1) is 5.41 Å². The van der Waals surface area contributed by atoms with Crippen LogP contribution in [-0.4, -0.2) is 60.0 Å². The zero-order valence-electron chi connectivity index (χ0n) is 17.8. The molecule has 1 aromatic rings. The van der Waals surface area contributed by atoms with Gasteiger partial charge in [0.1, 0.15) is 11.6 Å². The molecule has 0 radical (unpaired) electrons. The van der Waals surface area contributed by atoms with Gasteiger partial charge in [-0.1, -0.05) is 26.7 Å². The number of halogens is 2. The van der Waals surface area contributed by atoms with Crippen LogP contribution in [0.25, 0.3) is 0 Å². The summed E-state index contributed by atoms with van der Waals surface area (Å²) in [6, 6.07) is 2.07. The van der Waals surface area contributed by atoms with E-state index in [0.717, 1.165) is 63.0 Å². The number of piperazine rings is 1. The first kappa shape index (κ1) is 24.2. The number of anilines is 1. The van der Waals surface area contributed by atoms with Gasteiger partial charge in [-0.05, 0) is 32.2 Å². The molecule has 6 nitrogen and oxygen atoms in total. The van der Waals surface area contributed by atoms with Crippen LogP contribution < -0.4 is 10.2 Å². The average molecular weight is 444 g/mol. The first-order valence-electron chi connectivity index (χ1n) is 10.6. The van der Waals surface area contributed by atoms with Crippen molar-refractivity contribution in [1.29, 1.82) is 0 Å². The van der Waals surface area contributed by atoms with Crippen molar-refractivity contribution in [1.82, 2.24) is 20.2 Å². The van der Waals surface area contributed by atoms with Gasteiger partial charge in [-0.2, -0.15) is 0 Å². The molecule has 1 amide bonds. The predicted octanol–water partition coefficient (Wildman–Crippen LogP) is 3.18. The number of hydrogen-bond donors (Lipinski definition) is 1. The van der Waals surface area contributed by atoms with Crippen molar-refractivity contribution in [3.63, 3.8) is 0 Å². The van der Waals surface area contributed by atoms with E-state index in [9.17, 15) is 4.79 Å². The molecule has 3 aliphatic rings. The van der Waals surface area contributed by atoms with Crippen molar-refractivity contribution in [2.75, 3.05) is 44.2 Å². The second-order valence-corrected chi connectivity index (χ2v) is 8.89. The topological polar surface area (TPSA) is 61.4 Å². The Kier molecular flexibility index (Phi) is 8.16. The fraction of sp³-hybridized carbons (Fsp3) is 0.762. The zero-order valence-corrected chi connectivity index (χ0v) is 19.4. The average Bonchev–Trinajstić information content (AvgIpc) is 3.12. The third-order valence-electron chi connectivity index (χ3n) is 6.73. The van der Waals surface area contributed by atoms with Crippen LogP contribution in [0.15, 0.2) is 6.07 Å². The molecular weight excluding hydrogens is 409 g/mol. The minimum absolute atomic E-state index is 0. The molecule has 2 aliphatic heterocycles. The molecular formula is C21H35Cl2N5O. The summed E-state index contributed by atoms with van der Waals surface area (Å²) in [4.78, 5) is 27.2. The highest BCUT2D eigenvalue weighted by Crippen LogP contribution is 2.45. The molecule has 4 rings (SSSR count). The maximum atomic E-state index is 13.4. The summed E-state index contributed by atoms with van der Waals surface area (Å²) in [5, 5.41) is 3.51. The number of hydrogen-bond acceptors (Lipinski definition) is 5. The molecule has 1 N–H and O–H groups in total. The van der Waals surface area contributed by atoms with Crippen molar-refractivity contribution in [3.05, 3.63) is 17.6 Å². The maximum absolute atomic E-state index is 13.4. The molecule has 0 spiro atoms. The predicted molar refractivity (Wildman–Crippen MR) is 121 cm³/mol. The molecule has 1 aliphatic carbocycles. The van der Waals surface area contributed by atoms with Crippen LogP contribution >= 0.6 is 24.8 Å². The number of nitrogens with one attached hydrogen (secondary N) is 1. The Morgan fingerprint density at radius 2 is 1.90 bits per heavy atom. The maximum Gasteiger partial charge on any atom is 0.230 e. The van der Waals surface area contributed by atoms with Gasteiger partial charge in [-0.25, -0.2) is 9.97 Å². The highest BCUT2D eigenvalue weighted by molar-refractivity contribution is 5.85. The van der Waals surface area contributed by atoms with E-state index in [0.29, 0.717) is 17.7 Å². The number of aryl methyl sites for hydroxylation is 1. The number of fused-ring (bicyclic) bond motifs is 1. The van der Waals surface area contributed by atoms with Crippen LogP contribution in [0.3, 0.4) is 0 Å². The lowest BCUT2D eigenvalue weighted by atomic mass is 9.67. The lowest BCUT2D eigenvalue weighted by Crippen LogP contribution is -2.56. The quantitative estimate of drug-likeness (QED) is 0.776. The lowest BCUT2D eigenvalue weighted by molar-refractivity contribution is -0.145. The summed E-state index contributed by atoms with van der Waals surface area (Å²) in [6.45, 7) is 11.5. The largest absolute Gasteiger partial charge is 0.353 e. The van der Waals surface area contributed by atoms with Gasteiger partial charge in [-0.3, -0.25) is 4.79 Å². The highest BCUT2D eigenvalue weighted by atomic mass is 35.5. The summed E-state index contributed by atoms with van der Waals surface area (Å²) >= 11 is 0. The Morgan fingerprint density at radius 3 is 2.59 bits per heavy atom. The standard InChI is InChI=1S/C21H33N5O.2ClH/c1-15(2)19-23-16(3)12-18(24-19)25-8-10-26(11-9-25)20(27)21-7-5-4-6-17(21)13-22-14-21;;/h12,15,17,22H,4-11,13-14H2,1-3H3;2*1H/t17-,21+;;/m0../s1. The van der Waals surface area contributed by atoms with Gasteiger partial charge in [0.25, 0.3) is 0 Å². The number of nitrogens with zero attached hydrogens (tertiary/aromatic N) is 4. The smallest absolute Gasteiger partial charge is 0.230 e. The van der Waals surface area contributed by atoms with Crippen molar-refractivity contribution in [2.45, 2.75) is 52.4 Å². The van der Waals surface area contributed by atoms with E-state index in [-0.39, 0.29) is 30.2 Å². The molecule has 2 atom stereocenters. The van der Waals surface area contributed by atoms with E-state index in [4.69, 9.17) is 4.98 Å². The van der Waals surface area contributed by atoms with E-state index >= 15 is 0 Å². The molecule has 2 saturated heterocycles. The second kappa shape index (κ2) is 9.80. The van der Waals surface area contributed by atoms with Crippen LogP contribution in [-0.2, 0) is 4.79 Å². The molecule has 0 unspecified atom stereocenters. The fourth-order valence-electron chi connectivity index (χ4n) is 5.12. The van der Waals surface area contributed by atoms with E-state index in [1.807, 2.05) is 6.92 Å². The third-order valence-corrected chi connectivity index (χ3v) is 6.73. The van der Waals surface area contributed by atoms with Gasteiger partial charge in [0.15, 0.2) is 0 Å². The van der Waals surface area contributed by atoms with Crippen molar-refractivity contribution in [2.24, 2.45) is 11.3 Å². The molecule has 3 fully saturated rings. The minimum atomic E-state index is -0.128. The molecule has 0 bridgehead atoms. The van der Waals surface area contributed by atoms with Gasteiger partial charge >= 0.3 is 0 Å². The third kappa shape index (κ3) is 4.64. The van der Waals surface area contributed by atoms with Crippen LogP contribution in [0.5, 0.6) is 0 Å². The van der Waals surface area contributed by atoms with Crippen molar-refractivity contribution >= 4 is 36.5 Å². The monoisotopic (exact) mass is 443 g/mol. The number of aromatic nitrogens is 2. The molecule has 164 valence electrons. The van der Waals surface area contributed by atoms with Crippen molar-refractivity contribution in [3.8, 4) is 0 Å². The summed E-state index contributed by atoms with van der Waals surface area (Å²) in [7, 11) is 0. The Hall–Kier alpha value is -1.11. The Balaban J connectivity index is 0.00000150. The van der Waals surface area contributed by atoms with E-state index < -0.39 is 0 Å². The first-order chi connectivity index (χ1) is 13.0. The summed E-state index contributed by atoms with van der Waals surface area (Å²) in [6.07, 6.45) is 4.74. The normalized spacial score (nSPS) is 26.6. The van der Waals surface area contributed by atoms with Crippen LogP contribution in [0, 0.1) is 18.3 Å². The summed E-state index contributed by atoms with van der Waals surface area (Å²) in [5.74, 6) is 3.18. The fourth-order valence-corrected chi connectivity index (χ4v) is 5.12. The van der Waals surface area contributed by atoms with Gasteiger partial charge < -0.3 is 15.1 Å². The van der Waals surface area contributed by atoms with Crippen LogP contribution in [0.1, 0.15) is 57.0 Å². The molecule has 29 heavy (non-hydrogen) atoms. The van der Waals surface area contributed by atoms with E-state index in [2.05, 4.69) is 40.0 Å². The molecule has 1 saturated carbocycles. The Labute approximate surface area is 187 Å². The van der Waals surface area contributed by atoms with E-state index in [1.54, 1.807) is 0 Å². The second-order valence-electron chi connectivity index (χ2n) is 8.89. The summed E-state index contributed by atoms with van der Waals surface area (Å²) < 4.78 is 0. The van der Waals surface area contributed by atoms with Crippen LogP contribution in [0.4, 0.5) is 5.82 Å².